The predicted molar refractivity (Wildman–Crippen MR) is 68.0 cm³/mol. The van der Waals surface area contributed by atoms with Gasteiger partial charge in [0.2, 0.25) is 0 Å². The summed E-state index contributed by atoms with van der Waals surface area (Å²) in [7, 11) is 0. The molecule has 100 valence electrons. The second-order valence-corrected chi connectivity index (χ2v) is 4.97. The van der Waals surface area contributed by atoms with Crippen molar-refractivity contribution >= 4 is 5.78 Å². The molecule has 2 atom stereocenters. The molecule has 3 heteroatoms. The highest BCUT2D eigenvalue weighted by Gasteiger charge is 2.36. The minimum absolute atomic E-state index is 0.304. The van der Waals surface area contributed by atoms with Crippen LogP contribution in [0.4, 0.5) is 0 Å². The molecule has 0 aromatic carbocycles. The minimum atomic E-state index is 0.304. The van der Waals surface area contributed by atoms with Gasteiger partial charge in [-0.3, -0.25) is 4.79 Å². The SMILES string of the molecule is CCCC1OC1CCCO.O=C1CCCCC1. The molecule has 0 radical (unpaired) electrons. The van der Waals surface area contributed by atoms with Crippen LogP contribution in [0.15, 0.2) is 0 Å². The number of Topliss-reactive ketones (excluding diaryl/α,β-unsaturated/α-hetero) is 1. The summed E-state index contributed by atoms with van der Waals surface area (Å²) in [5.41, 5.74) is 0. The van der Waals surface area contributed by atoms with E-state index in [-0.39, 0.29) is 0 Å². The third-order valence-corrected chi connectivity index (χ3v) is 3.32. The Morgan fingerprint density at radius 1 is 1.18 bits per heavy atom. The fourth-order valence-corrected chi connectivity index (χ4v) is 2.21. The van der Waals surface area contributed by atoms with Gasteiger partial charge in [0.05, 0.1) is 12.2 Å². The summed E-state index contributed by atoms with van der Waals surface area (Å²) in [6, 6.07) is 0. The number of hydrogen-bond donors (Lipinski definition) is 1. The summed E-state index contributed by atoms with van der Waals surface area (Å²) in [5, 5.41) is 8.50. The number of epoxide rings is 1. The first-order valence-corrected chi connectivity index (χ1v) is 7.06. The van der Waals surface area contributed by atoms with Gasteiger partial charge in [-0.25, -0.2) is 0 Å². The molecule has 1 heterocycles. The van der Waals surface area contributed by atoms with E-state index in [4.69, 9.17) is 9.84 Å². The number of hydrogen-bond acceptors (Lipinski definition) is 3. The lowest BCUT2D eigenvalue weighted by molar-refractivity contribution is -0.120. The van der Waals surface area contributed by atoms with E-state index in [2.05, 4.69) is 6.92 Å². The van der Waals surface area contributed by atoms with Gasteiger partial charge in [-0.15, -0.1) is 0 Å². The third-order valence-electron chi connectivity index (χ3n) is 3.32. The number of rotatable bonds is 5. The summed E-state index contributed by atoms with van der Waals surface area (Å²) >= 11 is 0. The Morgan fingerprint density at radius 3 is 2.29 bits per heavy atom. The highest BCUT2D eigenvalue weighted by molar-refractivity contribution is 5.78. The molecule has 17 heavy (non-hydrogen) atoms. The standard InChI is InChI=1S/C8H16O2.C6H10O/c1-2-4-7-8(10-7)5-3-6-9;7-6-4-2-1-3-5-6/h7-9H,2-6H2,1H3;1-5H2. The molecule has 2 fully saturated rings. The first-order valence-electron chi connectivity index (χ1n) is 7.06. The van der Waals surface area contributed by atoms with Gasteiger partial charge < -0.3 is 9.84 Å². The third kappa shape index (κ3) is 6.79. The zero-order valence-corrected chi connectivity index (χ0v) is 11.0. The van der Waals surface area contributed by atoms with Gasteiger partial charge in [-0.2, -0.15) is 0 Å². The average Bonchev–Trinajstić information content (AvgIpc) is 3.07. The quantitative estimate of drug-likeness (QED) is 0.754. The lowest BCUT2D eigenvalue weighted by atomic mass is 10.00. The van der Waals surface area contributed by atoms with Crippen LogP contribution < -0.4 is 0 Å². The van der Waals surface area contributed by atoms with Crippen molar-refractivity contribution in [3.05, 3.63) is 0 Å². The number of ketones is 1. The van der Waals surface area contributed by atoms with Crippen LogP contribution in [-0.4, -0.2) is 29.7 Å². The predicted octanol–water partition coefficient (Wildman–Crippen LogP) is 2.85. The van der Waals surface area contributed by atoms with Gasteiger partial charge in [0.25, 0.3) is 0 Å². The van der Waals surface area contributed by atoms with Crippen molar-refractivity contribution in [1.82, 2.24) is 0 Å². The van der Waals surface area contributed by atoms with Crippen LogP contribution in [0.3, 0.4) is 0 Å². The van der Waals surface area contributed by atoms with Crippen LogP contribution in [-0.2, 0) is 9.53 Å². The molecule has 1 aliphatic carbocycles. The molecular formula is C14H26O3. The number of aliphatic hydroxyl groups is 1. The van der Waals surface area contributed by atoms with E-state index >= 15 is 0 Å². The molecule has 0 bridgehead atoms. The Kier molecular flexibility index (Phi) is 7.45. The maximum Gasteiger partial charge on any atom is 0.132 e. The second kappa shape index (κ2) is 8.65. The number of carbonyl (C=O) groups is 1. The second-order valence-electron chi connectivity index (χ2n) is 4.97. The van der Waals surface area contributed by atoms with E-state index in [1.807, 2.05) is 0 Å². The minimum Gasteiger partial charge on any atom is -0.396 e. The highest BCUT2D eigenvalue weighted by Crippen LogP contribution is 2.29. The summed E-state index contributed by atoms with van der Waals surface area (Å²) in [4.78, 5) is 10.5. The smallest absolute Gasteiger partial charge is 0.132 e. The lowest BCUT2D eigenvalue weighted by Gasteiger charge is -2.05. The van der Waals surface area contributed by atoms with Crippen LogP contribution in [0.25, 0.3) is 0 Å². The Balaban J connectivity index is 0.000000181. The van der Waals surface area contributed by atoms with E-state index in [0.29, 0.717) is 24.6 Å². The molecule has 1 N–H and O–H groups in total. The zero-order chi connectivity index (χ0) is 12.5. The fourth-order valence-electron chi connectivity index (χ4n) is 2.21. The Bertz CT molecular complexity index is 208. The lowest BCUT2D eigenvalue weighted by Crippen LogP contribution is -2.02. The summed E-state index contributed by atoms with van der Waals surface area (Å²) in [6.07, 6.45) is 10.6. The Hall–Kier alpha value is -0.410. The molecule has 0 spiro atoms. The van der Waals surface area contributed by atoms with Crippen molar-refractivity contribution < 1.29 is 14.6 Å². The van der Waals surface area contributed by atoms with E-state index in [1.54, 1.807) is 0 Å². The molecule has 0 aromatic rings. The monoisotopic (exact) mass is 242 g/mol. The summed E-state index contributed by atoms with van der Waals surface area (Å²) < 4.78 is 5.35. The van der Waals surface area contributed by atoms with Crippen LogP contribution in [0.5, 0.6) is 0 Å². The molecule has 0 amide bonds. The molecule has 2 unspecified atom stereocenters. The molecule has 2 rings (SSSR count). The number of carbonyl (C=O) groups excluding carboxylic acids is 1. The van der Waals surface area contributed by atoms with Crippen molar-refractivity contribution in [2.24, 2.45) is 0 Å². The van der Waals surface area contributed by atoms with Gasteiger partial charge in [0.15, 0.2) is 0 Å². The van der Waals surface area contributed by atoms with E-state index in [9.17, 15) is 4.79 Å². The molecule has 3 nitrogen and oxygen atoms in total. The van der Waals surface area contributed by atoms with Crippen molar-refractivity contribution in [3.8, 4) is 0 Å². The average molecular weight is 242 g/mol. The molecule has 2 aliphatic rings. The number of aliphatic hydroxyl groups excluding tert-OH is 1. The van der Waals surface area contributed by atoms with Crippen LogP contribution in [0, 0.1) is 0 Å². The van der Waals surface area contributed by atoms with Crippen LogP contribution >= 0.6 is 0 Å². The fraction of sp³-hybridized carbons (Fsp3) is 0.929. The highest BCUT2D eigenvalue weighted by atomic mass is 16.6. The van der Waals surface area contributed by atoms with Gasteiger partial charge in [-0.1, -0.05) is 19.8 Å². The molecule has 0 aromatic heterocycles. The summed E-state index contributed by atoms with van der Waals surface area (Å²) in [6.45, 7) is 2.48. The molecule has 1 saturated heterocycles. The van der Waals surface area contributed by atoms with E-state index in [0.717, 1.165) is 38.5 Å². The van der Waals surface area contributed by atoms with Gasteiger partial charge >= 0.3 is 0 Å². The molecule has 1 saturated carbocycles. The van der Waals surface area contributed by atoms with E-state index in [1.165, 1.54) is 19.3 Å². The van der Waals surface area contributed by atoms with Crippen molar-refractivity contribution in [1.29, 1.82) is 0 Å². The van der Waals surface area contributed by atoms with Crippen LogP contribution in [0.2, 0.25) is 0 Å². The first-order chi connectivity index (χ1) is 8.27. The van der Waals surface area contributed by atoms with Crippen LogP contribution in [0.1, 0.15) is 64.7 Å². The maximum absolute atomic E-state index is 10.5. The first kappa shape index (κ1) is 14.7. The maximum atomic E-state index is 10.5. The van der Waals surface area contributed by atoms with Gasteiger partial charge in [0, 0.05) is 19.4 Å². The zero-order valence-electron chi connectivity index (χ0n) is 11.0. The molecular weight excluding hydrogens is 216 g/mol. The van der Waals surface area contributed by atoms with Crippen molar-refractivity contribution in [2.45, 2.75) is 76.9 Å². The largest absolute Gasteiger partial charge is 0.396 e. The number of ether oxygens (including phenoxy) is 1. The van der Waals surface area contributed by atoms with Crippen molar-refractivity contribution in [3.63, 3.8) is 0 Å². The van der Waals surface area contributed by atoms with E-state index < -0.39 is 0 Å². The van der Waals surface area contributed by atoms with Gasteiger partial charge in [0.1, 0.15) is 5.78 Å². The topological polar surface area (TPSA) is 49.8 Å². The van der Waals surface area contributed by atoms with Crippen molar-refractivity contribution in [2.75, 3.05) is 6.61 Å². The normalized spacial score (nSPS) is 27.3. The van der Waals surface area contributed by atoms with Gasteiger partial charge in [-0.05, 0) is 32.1 Å². The summed E-state index contributed by atoms with van der Waals surface area (Å²) in [5.74, 6) is 0.464. The Morgan fingerprint density at radius 2 is 1.82 bits per heavy atom. The molecule has 1 aliphatic heterocycles. The Labute approximate surface area is 105 Å².